The summed E-state index contributed by atoms with van der Waals surface area (Å²) in [5.74, 6) is -1.30. The summed E-state index contributed by atoms with van der Waals surface area (Å²) in [6.45, 7) is 1.97. The highest BCUT2D eigenvalue weighted by molar-refractivity contribution is 5.91. The van der Waals surface area contributed by atoms with Crippen LogP contribution in [0.3, 0.4) is 0 Å². The van der Waals surface area contributed by atoms with Gasteiger partial charge in [-0.05, 0) is 35.8 Å². The van der Waals surface area contributed by atoms with Crippen molar-refractivity contribution in [2.24, 2.45) is 0 Å². The zero-order valence-corrected chi connectivity index (χ0v) is 16.5. The first-order valence-corrected chi connectivity index (χ1v) is 9.64. The third kappa shape index (κ3) is 4.05. The smallest absolute Gasteiger partial charge is 0.335 e. The molecule has 0 bridgehead atoms. The zero-order valence-electron chi connectivity index (χ0n) is 16.5. The van der Waals surface area contributed by atoms with Crippen LogP contribution in [0.25, 0.3) is 11.8 Å². The molecule has 4 rings (SSSR count). The molecule has 0 saturated carbocycles. The van der Waals surface area contributed by atoms with Crippen molar-refractivity contribution in [3.63, 3.8) is 0 Å². The van der Waals surface area contributed by atoms with E-state index in [1.807, 2.05) is 85.8 Å². The number of rotatable bonds is 6. The highest BCUT2D eigenvalue weighted by Crippen LogP contribution is 2.37. The van der Waals surface area contributed by atoms with Crippen molar-refractivity contribution in [3.8, 4) is 0 Å². The summed E-state index contributed by atoms with van der Waals surface area (Å²) in [6, 6.07) is 25.2. The molecule has 148 valence electrons. The van der Waals surface area contributed by atoms with Crippen LogP contribution in [-0.4, -0.2) is 25.8 Å². The normalized spacial score (nSPS) is 12.5. The molecule has 0 aliphatic carbocycles. The summed E-state index contributed by atoms with van der Waals surface area (Å²) < 4.78 is 1.71. The number of hydrogen-bond donors (Lipinski definition) is 1. The Morgan fingerprint density at radius 3 is 2.33 bits per heavy atom. The summed E-state index contributed by atoms with van der Waals surface area (Å²) in [5, 5.41) is 14.3. The molecule has 0 aliphatic heterocycles. The highest BCUT2D eigenvalue weighted by atomic mass is 16.4. The maximum absolute atomic E-state index is 12.1. The molecule has 1 heterocycles. The van der Waals surface area contributed by atoms with Gasteiger partial charge in [-0.3, -0.25) is 0 Å². The molecule has 3 aromatic carbocycles. The van der Waals surface area contributed by atoms with Gasteiger partial charge in [0.2, 0.25) is 0 Å². The van der Waals surface area contributed by atoms with Crippen molar-refractivity contribution >= 4 is 17.7 Å². The molecule has 0 radical (unpaired) electrons. The lowest BCUT2D eigenvalue weighted by Gasteiger charge is -2.24. The van der Waals surface area contributed by atoms with E-state index in [1.165, 1.54) is 6.33 Å². The van der Waals surface area contributed by atoms with Gasteiger partial charge in [-0.25, -0.2) is 14.5 Å². The third-order valence-electron chi connectivity index (χ3n) is 4.97. The predicted octanol–water partition coefficient (Wildman–Crippen LogP) is 5.11. The minimum absolute atomic E-state index is 0.272. The van der Waals surface area contributed by atoms with Gasteiger partial charge < -0.3 is 5.11 Å². The topological polar surface area (TPSA) is 68.0 Å². The molecule has 1 N–H and O–H groups in total. The number of allylic oxidation sites excluding steroid dienone is 1. The van der Waals surface area contributed by atoms with E-state index in [2.05, 4.69) is 10.1 Å². The van der Waals surface area contributed by atoms with Crippen LogP contribution in [-0.2, 0) is 0 Å². The Balaban J connectivity index is 2.01. The number of carboxylic acids is 1. The average Bonchev–Trinajstić information content (AvgIpc) is 3.29. The van der Waals surface area contributed by atoms with Gasteiger partial charge >= 0.3 is 5.97 Å². The largest absolute Gasteiger partial charge is 0.478 e. The Labute approximate surface area is 175 Å². The molecule has 1 atom stereocenters. The quantitative estimate of drug-likeness (QED) is 0.492. The number of carboxylic acid groups (broad SMARTS) is 1. The first-order valence-electron chi connectivity index (χ1n) is 9.64. The van der Waals surface area contributed by atoms with Crippen molar-refractivity contribution in [3.05, 3.63) is 119 Å². The van der Waals surface area contributed by atoms with Crippen molar-refractivity contribution in [1.29, 1.82) is 0 Å². The molecule has 1 aromatic heterocycles. The van der Waals surface area contributed by atoms with Gasteiger partial charge in [-0.15, -0.1) is 0 Å². The molecule has 0 fully saturated rings. The minimum atomic E-state index is -0.955. The molecular formula is C25H21N3O2. The Bertz CT molecular complexity index is 1170. The minimum Gasteiger partial charge on any atom is -0.478 e. The molecule has 0 aliphatic rings. The van der Waals surface area contributed by atoms with E-state index in [4.69, 9.17) is 0 Å². The number of nitrogens with zero attached hydrogens (tertiary/aromatic N) is 3. The maximum atomic E-state index is 12.1. The van der Waals surface area contributed by atoms with Crippen LogP contribution in [0, 0.1) is 6.92 Å². The predicted molar refractivity (Wildman–Crippen MR) is 117 cm³/mol. The lowest BCUT2D eigenvalue weighted by atomic mass is 9.84. The standard InChI is InChI=1S/C25H21N3O2/c1-18-12-13-21(25(29)30)22(14-18)24(20-10-6-3-7-11-20)23(28-17-26-16-27-28)15-19-8-4-2-5-9-19/h2-17,24H,1H3,(H,29,30)/b23-15+. The van der Waals surface area contributed by atoms with Crippen molar-refractivity contribution in [1.82, 2.24) is 14.8 Å². The summed E-state index contributed by atoms with van der Waals surface area (Å²) in [4.78, 5) is 16.2. The number of aryl methyl sites for hydroxylation is 1. The fourth-order valence-corrected chi connectivity index (χ4v) is 3.61. The van der Waals surface area contributed by atoms with E-state index < -0.39 is 5.97 Å². The molecule has 5 nitrogen and oxygen atoms in total. The molecular weight excluding hydrogens is 374 g/mol. The molecule has 0 amide bonds. The third-order valence-corrected chi connectivity index (χ3v) is 4.97. The summed E-state index contributed by atoms with van der Waals surface area (Å²) in [6.07, 6.45) is 5.15. The van der Waals surface area contributed by atoms with Crippen molar-refractivity contribution in [2.75, 3.05) is 0 Å². The number of benzene rings is 3. The number of aromatic carboxylic acids is 1. The van der Waals surface area contributed by atoms with Crippen LogP contribution < -0.4 is 0 Å². The fourth-order valence-electron chi connectivity index (χ4n) is 3.61. The first-order chi connectivity index (χ1) is 14.6. The Morgan fingerprint density at radius 2 is 1.70 bits per heavy atom. The summed E-state index contributed by atoms with van der Waals surface area (Å²) >= 11 is 0. The van der Waals surface area contributed by atoms with Gasteiger partial charge in [-0.1, -0.05) is 78.4 Å². The average molecular weight is 395 g/mol. The van der Waals surface area contributed by atoms with E-state index >= 15 is 0 Å². The second-order valence-electron chi connectivity index (χ2n) is 7.06. The lowest BCUT2D eigenvalue weighted by Crippen LogP contribution is -2.15. The lowest BCUT2D eigenvalue weighted by molar-refractivity contribution is 0.0695. The second kappa shape index (κ2) is 8.57. The van der Waals surface area contributed by atoms with Gasteiger partial charge in [0.15, 0.2) is 0 Å². The maximum Gasteiger partial charge on any atom is 0.335 e. The molecule has 0 saturated heterocycles. The van der Waals surface area contributed by atoms with E-state index in [9.17, 15) is 9.90 Å². The number of aromatic nitrogens is 3. The first kappa shape index (κ1) is 19.3. The molecule has 0 spiro atoms. The second-order valence-corrected chi connectivity index (χ2v) is 7.06. The van der Waals surface area contributed by atoms with Gasteiger partial charge in [0.1, 0.15) is 12.7 Å². The van der Waals surface area contributed by atoms with Crippen LogP contribution >= 0.6 is 0 Å². The fraction of sp³-hybridized carbons (Fsp3) is 0.0800. The van der Waals surface area contributed by atoms with E-state index in [0.29, 0.717) is 5.56 Å². The van der Waals surface area contributed by atoms with Crippen LogP contribution in [0.5, 0.6) is 0 Å². The number of carbonyl (C=O) groups is 1. The zero-order chi connectivity index (χ0) is 20.9. The Kier molecular flexibility index (Phi) is 5.52. The van der Waals surface area contributed by atoms with Crippen LogP contribution in [0.15, 0.2) is 91.5 Å². The van der Waals surface area contributed by atoms with E-state index in [0.717, 1.165) is 22.4 Å². The van der Waals surface area contributed by atoms with Crippen molar-refractivity contribution < 1.29 is 9.90 Å². The number of hydrogen-bond acceptors (Lipinski definition) is 3. The van der Waals surface area contributed by atoms with Gasteiger partial charge in [-0.2, -0.15) is 5.10 Å². The van der Waals surface area contributed by atoms with E-state index in [-0.39, 0.29) is 11.5 Å². The van der Waals surface area contributed by atoms with Crippen LogP contribution in [0.4, 0.5) is 0 Å². The molecule has 1 unspecified atom stereocenters. The van der Waals surface area contributed by atoms with Gasteiger partial charge in [0.25, 0.3) is 0 Å². The Morgan fingerprint density at radius 1 is 1.00 bits per heavy atom. The van der Waals surface area contributed by atoms with Crippen LogP contribution in [0.1, 0.15) is 38.5 Å². The van der Waals surface area contributed by atoms with E-state index in [1.54, 1.807) is 17.1 Å². The molecule has 4 aromatic rings. The van der Waals surface area contributed by atoms with Gasteiger partial charge in [0, 0.05) is 0 Å². The van der Waals surface area contributed by atoms with Gasteiger partial charge in [0.05, 0.1) is 17.2 Å². The summed E-state index contributed by atoms with van der Waals surface area (Å²) in [5.41, 5.74) is 4.77. The van der Waals surface area contributed by atoms with Crippen LogP contribution in [0.2, 0.25) is 0 Å². The molecule has 30 heavy (non-hydrogen) atoms. The van der Waals surface area contributed by atoms with Crippen molar-refractivity contribution in [2.45, 2.75) is 12.8 Å². The SMILES string of the molecule is Cc1ccc(C(=O)O)c(C(/C(=C\c2ccccc2)n2cncn2)c2ccccc2)c1. The molecule has 5 heteroatoms. The summed E-state index contributed by atoms with van der Waals surface area (Å²) in [7, 11) is 0. The highest BCUT2D eigenvalue weighted by Gasteiger charge is 2.26. The monoisotopic (exact) mass is 395 g/mol. The Hall–Kier alpha value is -3.99.